The Morgan fingerprint density at radius 1 is 0.600 bits per heavy atom. The molecule has 0 aliphatic heterocycles. The van der Waals surface area contributed by atoms with Crippen molar-refractivity contribution in [3.8, 4) is 0 Å². The molecule has 0 atom stereocenters. The number of rotatable bonds is 19. The van der Waals surface area contributed by atoms with E-state index in [0.29, 0.717) is 5.39 Å². The smallest absolute Gasteiger partial charge is 0.744 e. The molecule has 0 aromatic heterocycles. The number of hydrogen-bond acceptors (Lipinski definition) is 3. The number of unbranched alkanes of at least 4 members (excludes halogenated alkanes) is 14. The molecular weight excluding hydrogens is 479 g/mol. The molecule has 0 saturated carbocycles. The normalized spacial score (nSPS) is 11.6. The topological polar surface area (TPSA) is 57.2 Å². The molecule has 0 heterocycles. The van der Waals surface area contributed by atoms with Crippen LogP contribution in [0.4, 0.5) is 0 Å². The molecule has 3 nitrogen and oxygen atoms in total. The fourth-order valence-electron chi connectivity index (χ4n) is 5.04. The Labute approximate surface area is 258 Å². The Morgan fingerprint density at radius 3 is 1.51 bits per heavy atom. The van der Waals surface area contributed by atoms with E-state index in [0.717, 1.165) is 43.1 Å². The Bertz CT molecular complexity index is 940. The van der Waals surface area contributed by atoms with Gasteiger partial charge in [-0.05, 0) is 48.3 Å². The van der Waals surface area contributed by atoms with Gasteiger partial charge in [0.05, 0.1) is 4.90 Å². The van der Waals surface area contributed by atoms with Crippen molar-refractivity contribution in [2.24, 2.45) is 0 Å². The van der Waals surface area contributed by atoms with Crippen LogP contribution in [-0.2, 0) is 23.0 Å². The minimum absolute atomic E-state index is 0. The minimum atomic E-state index is -4.51. The van der Waals surface area contributed by atoms with Crippen LogP contribution in [0.25, 0.3) is 10.8 Å². The van der Waals surface area contributed by atoms with E-state index in [9.17, 15) is 13.0 Å². The van der Waals surface area contributed by atoms with Crippen molar-refractivity contribution in [1.29, 1.82) is 0 Å². The SMILES string of the molecule is CCCCCCCCCCc1ccc(CCCCCCCCCC)c2c(S(=O)(=O)[O-])cccc12.[K+]. The van der Waals surface area contributed by atoms with E-state index in [4.69, 9.17) is 0 Å². The third-order valence-corrected chi connectivity index (χ3v) is 7.93. The molecular formula is C30H47KO3S. The predicted octanol–water partition coefficient (Wildman–Crippen LogP) is 6.11. The standard InChI is InChI=1S/C30H48O3S.K/c1-3-5-7-9-11-13-15-17-20-26-24-25-27(21-18-16-14-12-10-8-6-4-2)30-28(26)22-19-23-29(30)34(31,32)33;/h19,22-25H,3-18,20-21H2,1-2H3,(H,31,32,33);/q;+1/p-1. The van der Waals surface area contributed by atoms with E-state index >= 15 is 0 Å². The maximum absolute atomic E-state index is 12.1. The van der Waals surface area contributed by atoms with E-state index < -0.39 is 10.1 Å². The molecule has 0 saturated heterocycles. The summed E-state index contributed by atoms with van der Waals surface area (Å²) in [5.41, 5.74) is 2.18. The largest absolute Gasteiger partial charge is 1.00 e. The van der Waals surface area contributed by atoms with Crippen LogP contribution in [-0.4, -0.2) is 13.0 Å². The average Bonchev–Trinajstić information content (AvgIpc) is 2.82. The summed E-state index contributed by atoms with van der Waals surface area (Å²) in [5, 5.41) is 1.63. The van der Waals surface area contributed by atoms with Crippen LogP contribution in [0.3, 0.4) is 0 Å². The van der Waals surface area contributed by atoms with Crippen LogP contribution in [0.1, 0.15) is 128 Å². The zero-order chi connectivity index (χ0) is 24.7. The van der Waals surface area contributed by atoms with Crippen molar-refractivity contribution in [3.63, 3.8) is 0 Å². The molecule has 0 unspecified atom stereocenters. The zero-order valence-electron chi connectivity index (χ0n) is 22.7. The first kappa shape index (κ1) is 33.3. The second-order valence-electron chi connectivity index (χ2n) is 9.97. The molecule has 2 aromatic carbocycles. The third kappa shape index (κ3) is 12.6. The maximum Gasteiger partial charge on any atom is 1.00 e. The summed E-state index contributed by atoms with van der Waals surface area (Å²) in [4.78, 5) is -0.0441. The summed E-state index contributed by atoms with van der Waals surface area (Å²) < 4.78 is 36.2. The maximum atomic E-state index is 12.1. The Balaban J connectivity index is 0.00000612. The van der Waals surface area contributed by atoms with Gasteiger partial charge in [-0.1, -0.05) is 128 Å². The van der Waals surface area contributed by atoms with Crippen molar-refractivity contribution in [2.75, 3.05) is 0 Å². The van der Waals surface area contributed by atoms with Crippen molar-refractivity contribution in [1.82, 2.24) is 0 Å². The van der Waals surface area contributed by atoms with Crippen LogP contribution in [0.2, 0.25) is 0 Å². The van der Waals surface area contributed by atoms with Gasteiger partial charge in [0.1, 0.15) is 10.1 Å². The van der Waals surface area contributed by atoms with E-state index in [1.54, 1.807) is 6.07 Å². The minimum Gasteiger partial charge on any atom is -0.744 e. The predicted molar refractivity (Wildman–Crippen MR) is 145 cm³/mol. The molecule has 0 N–H and O–H groups in total. The quantitative estimate of drug-likeness (QED) is 0.126. The molecule has 5 heteroatoms. The first-order chi connectivity index (χ1) is 16.5. The first-order valence-corrected chi connectivity index (χ1v) is 15.4. The van der Waals surface area contributed by atoms with Gasteiger partial charge in [-0.15, -0.1) is 0 Å². The second-order valence-corrected chi connectivity index (χ2v) is 11.3. The summed E-state index contributed by atoms with van der Waals surface area (Å²) in [6.07, 6.45) is 21.8. The third-order valence-electron chi connectivity index (χ3n) is 7.05. The molecule has 0 spiro atoms. The van der Waals surface area contributed by atoms with Gasteiger partial charge in [0.15, 0.2) is 0 Å². The Kier molecular flexibility index (Phi) is 18.4. The molecule has 0 bridgehead atoms. The molecule has 0 fully saturated rings. The van der Waals surface area contributed by atoms with Crippen molar-refractivity contribution < 1.29 is 64.4 Å². The molecule has 2 aromatic rings. The fourth-order valence-corrected chi connectivity index (χ4v) is 5.77. The Morgan fingerprint density at radius 2 is 1.03 bits per heavy atom. The number of benzene rings is 2. The summed E-state index contributed by atoms with van der Waals surface area (Å²) in [6, 6.07) is 9.47. The van der Waals surface area contributed by atoms with E-state index in [-0.39, 0.29) is 56.3 Å². The van der Waals surface area contributed by atoms with Crippen LogP contribution in [0.15, 0.2) is 35.2 Å². The van der Waals surface area contributed by atoms with Gasteiger partial charge in [-0.25, -0.2) is 8.42 Å². The summed E-state index contributed by atoms with van der Waals surface area (Å²) >= 11 is 0. The van der Waals surface area contributed by atoms with E-state index in [1.807, 2.05) is 6.07 Å². The summed E-state index contributed by atoms with van der Waals surface area (Å²) in [5.74, 6) is 0. The van der Waals surface area contributed by atoms with Crippen LogP contribution in [0.5, 0.6) is 0 Å². The van der Waals surface area contributed by atoms with Gasteiger partial charge in [0.25, 0.3) is 0 Å². The van der Waals surface area contributed by atoms with Crippen molar-refractivity contribution >= 4 is 20.9 Å². The second kappa shape index (κ2) is 19.3. The van der Waals surface area contributed by atoms with E-state index in [1.165, 1.54) is 95.1 Å². The molecule has 0 aliphatic carbocycles. The molecule has 2 rings (SSSR count). The molecule has 192 valence electrons. The van der Waals surface area contributed by atoms with Gasteiger partial charge in [-0.3, -0.25) is 0 Å². The van der Waals surface area contributed by atoms with Crippen LogP contribution < -0.4 is 51.4 Å². The van der Waals surface area contributed by atoms with Crippen molar-refractivity contribution in [3.05, 3.63) is 41.5 Å². The van der Waals surface area contributed by atoms with Gasteiger partial charge in [0.2, 0.25) is 0 Å². The number of fused-ring (bicyclic) bond motifs is 1. The first-order valence-electron chi connectivity index (χ1n) is 14.0. The monoisotopic (exact) mass is 526 g/mol. The molecule has 0 radical (unpaired) electrons. The molecule has 0 amide bonds. The fraction of sp³-hybridized carbons (Fsp3) is 0.667. The van der Waals surface area contributed by atoms with Gasteiger partial charge in [0, 0.05) is 5.39 Å². The molecule has 0 aliphatic rings. The summed E-state index contributed by atoms with van der Waals surface area (Å²) in [6.45, 7) is 4.48. The number of aryl methyl sites for hydroxylation is 2. The Hall–Kier alpha value is 0.246. The van der Waals surface area contributed by atoms with Gasteiger partial charge in [-0.2, -0.15) is 0 Å². The van der Waals surface area contributed by atoms with Crippen LogP contribution >= 0.6 is 0 Å². The zero-order valence-corrected chi connectivity index (χ0v) is 26.7. The van der Waals surface area contributed by atoms with Gasteiger partial charge < -0.3 is 4.55 Å². The van der Waals surface area contributed by atoms with Crippen LogP contribution in [0, 0.1) is 0 Å². The summed E-state index contributed by atoms with van der Waals surface area (Å²) in [7, 11) is -4.51. The van der Waals surface area contributed by atoms with Gasteiger partial charge >= 0.3 is 51.4 Å². The molecule has 35 heavy (non-hydrogen) atoms. The van der Waals surface area contributed by atoms with E-state index in [2.05, 4.69) is 26.0 Å². The van der Waals surface area contributed by atoms with Crippen molar-refractivity contribution in [2.45, 2.75) is 134 Å². The average molecular weight is 527 g/mol. The number of hydrogen-bond donors (Lipinski definition) is 0.